The second kappa shape index (κ2) is 23.6. The summed E-state index contributed by atoms with van der Waals surface area (Å²) in [5, 5.41) is 0. The zero-order valence-electron chi connectivity index (χ0n) is 42.3. The highest BCUT2D eigenvalue weighted by molar-refractivity contribution is 5.95. The third-order valence-corrected chi connectivity index (χ3v) is 11.3. The Hall–Kier alpha value is -8.49. The molecule has 0 atom stereocenters. The van der Waals surface area contributed by atoms with Crippen molar-refractivity contribution in [2.24, 2.45) is 5.41 Å². The molecule has 5 aliphatic heterocycles. The molecule has 4 aromatic carbocycles. The monoisotopic (exact) mass is 1040 g/mol. The number of carbonyl (C=O) groups excluding carboxylic acids is 10. The average molecular weight is 1040 g/mol. The maximum atomic E-state index is 12.7. The third kappa shape index (κ3) is 16.3. The number of esters is 10. The number of benzene rings is 4. The molecule has 5 saturated heterocycles. The van der Waals surface area contributed by atoms with Crippen molar-refractivity contribution >= 4 is 59.7 Å². The highest BCUT2D eigenvalue weighted by Gasteiger charge is 2.49. The largest absolute Gasteiger partial charge is 0.422 e. The van der Waals surface area contributed by atoms with E-state index >= 15 is 0 Å². The van der Waals surface area contributed by atoms with Crippen LogP contribution in [-0.4, -0.2) is 71.3 Å². The molecule has 0 N–H and O–H groups in total. The lowest BCUT2D eigenvalue weighted by atomic mass is 9.86. The molecule has 75 heavy (non-hydrogen) atoms. The van der Waals surface area contributed by atoms with Crippen molar-refractivity contribution in [1.29, 1.82) is 0 Å². The fourth-order valence-corrected chi connectivity index (χ4v) is 7.21. The van der Waals surface area contributed by atoms with Crippen LogP contribution >= 0.6 is 0 Å². The number of carbonyl (C=O) groups is 10. The number of cyclic esters (lactones) is 10. The third-order valence-electron chi connectivity index (χ3n) is 11.3. The van der Waals surface area contributed by atoms with Crippen LogP contribution in [0.15, 0.2) is 115 Å². The Morgan fingerprint density at radius 2 is 0.613 bits per heavy atom. The van der Waals surface area contributed by atoms with E-state index in [0.717, 1.165) is 5.56 Å². The highest BCUT2D eigenvalue weighted by atomic mass is 19.1. The molecule has 20 nitrogen and oxygen atoms in total. The van der Waals surface area contributed by atoms with Crippen LogP contribution < -0.4 is 0 Å². The van der Waals surface area contributed by atoms with Crippen LogP contribution in [0.5, 0.6) is 0 Å². The first-order valence-electron chi connectivity index (χ1n) is 23.1. The van der Waals surface area contributed by atoms with E-state index in [-0.39, 0.29) is 25.7 Å². The van der Waals surface area contributed by atoms with Gasteiger partial charge >= 0.3 is 59.7 Å². The van der Waals surface area contributed by atoms with Crippen LogP contribution in [-0.2, 0) is 119 Å². The minimum absolute atomic E-state index is 0.286. The molecule has 0 unspecified atom stereocenters. The summed E-state index contributed by atoms with van der Waals surface area (Å²) in [6.45, 7) is 13.3. The maximum absolute atomic E-state index is 12.7. The molecular weight excluding hydrogens is 988 g/mol. The highest BCUT2D eigenvalue weighted by Crippen LogP contribution is 2.38. The Morgan fingerprint density at radius 1 is 0.360 bits per heavy atom. The van der Waals surface area contributed by atoms with E-state index in [2.05, 4.69) is 0 Å². The fraction of sp³-hybridized carbons (Fsp3) is 0.370. The first-order chi connectivity index (χ1) is 35.0. The minimum atomic E-state index is -1.46. The Balaban J connectivity index is 0.000000174. The maximum Gasteiger partial charge on any atom is 0.320 e. The van der Waals surface area contributed by atoms with Gasteiger partial charge in [0.2, 0.25) is 0 Å². The zero-order valence-corrected chi connectivity index (χ0v) is 42.3. The van der Waals surface area contributed by atoms with Gasteiger partial charge in [0.05, 0.1) is 0 Å². The Kier molecular flexibility index (Phi) is 18.1. The van der Waals surface area contributed by atoms with E-state index in [1.54, 1.807) is 76.2 Å². The van der Waals surface area contributed by atoms with Gasteiger partial charge in [0.25, 0.3) is 28.9 Å². The number of hydrogen-bond acceptors (Lipinski definition) is 20. The predicted octanol–water partition coefficient (Wildman–Crippen LogP) is 6.86. The lowest BCUT2D eigenvalue weighted by molar-refractivity contribution is -0.269. The Labute approximate surface area is 429 Å². The van der Waals surface area contributed by atoms with Crippen molar-refractivity contribution in [2.45, 2.75) is 123 Å². The summed E-state index contributed by atoms with van der Waals surface area (Å²) in [4.78, 5) is 111. The van der Waals surface area contributed by atoms with Crippen LogP contribution in [0.4, 0.5) is 4.39 Å². The minimum Gasteiger partial charge on any atom is -0.422 e. The van der Waals surface area contributed by atoms with Gasteiger partial charge in [0, 0.05) is 63.1 Å². The summed E-state index contributed by atoms with van der Waals surface area (Å²) in [5.74, 6) is -12.4. The Bertz CT molecular complexity index is 2610. The molecule has 21 heteroatoms. The van der Waals surface area contributed by atoms with Crippen LogP contribution in [0.25, 0.3) is 0 Å². The van der Waals surface area contributed by atoms with E-state index in [0.29, 0.717) is 23.1 Å². The van der Waals surface area contributed by atoms with Gasteiger partial charge in [-0.25, -0.2) is 4.39 Å². The molecule has 0 radical (unpaired) electrons. The second-order valence-corrected chi connectivity index (χ2v) is 18.7. The van der Waals surface area contributed by atoms with Gasteiger partial charge in [-0.1, -0.05) is 112 Å². The molecule has 0 spiro atoms. The molecule has 0 amide bonds. The van der Waals surface area contributed by atoms with Gasteiger partial charge in [-0.05, 0) is 29.8 Å². The molecule has 0 bridgehead atoms. The summed E-state index contributed by atoms with van der Waals surface area (Å²) < 4.78 is 63.0. The second-order valence-electron chi connectivity index (χ2n) is 18.7. The van der Waals surface area contributed by atoms with Crippen molar-refractivity contribution in [3.8, 4) is 0 Å². The smallest absolute Gasteiger partial charge is 0.320 e. The summed E-state index contributed by atoms with van der Waals surface area (Å²) in [7, 11) is 0. The van der Waals surface area contributed by atoms with Crippen LogP contribution in [0.2, 0.25) is 0 Å². The Morgan fingerprint density at radius 3 is 0.907 bits per heavy atom. The van der Waals surface area contributed by atoms with Gasteiger partial charge in [-0.3, -0.25) is 47.9 Å². The van der Waals surface area contributed by atoms with Crippen molar-refractivity contribution in [3.63, 3.8) is 0 Å². The van der Waals surface area contributed by atoms with Gasteiger partial charge in [-0.15, -0.1) is 0 Å². The van der Waals surface area contributed by atoms with Crippen molar-refractivity contribution in [1.82, 2.24) is 0 Å². The molecule has 5 fully saturated rings. The molecule has 9 rings (SSSR count). The summed E-state index contributed by atoms with van der Waals surface area (Å²) in [6, 6.07) is 32.4. The topological polar surface area (TPSA) is 263 Å². The summed E-state index contributed by atoms with van der Waals surface area (Å²) >= 11 is 0. The van der Waals surface area contributed by atoms with Crippen LogP contribution in [0.1, 0.15) is 110 Å². The van der Waals surface area contributed by atoms with Crippen molar-refractivity contribution < 1.29 is 99.7 Å². The van der Waals surface area contributed by atoms with E-state index in [1.807, 2.05) is 63.2 Å². The first-order valence-corrected chi connectivity index (χ1v) is 23.1. The molecule has 0 aromatic heterocycles. The fourth-order valence-electron chi connectivity index (χ4n) is 7.21. The zero-order chi connectivity index (χ0) is 55.4. The molecular formula is C54H55FO20. The first kappa shape index (κ1) is 57.4. The van der Waals surface area contributed by atoms with E-state index < -0.39 is 106 Å². The van der Waals surface area contributed by atoms with E-state index in [1.165, 1.54) is 31.2 Å². The molecule has 0 saturated carbocycles. The van der Waals surface area contributed by atoms with Crippen LogP contribution in [0.3, 0.4) is 0 Å². The van der Waals surface area contributed by atoms with Gasteiger partial charge in [0.1, 0.15) is 37.9 Å². The summed E-state index contributed by atoms with van der Waals surface area (Å²) in [6.07, 6.45) is -1.25. The lowest BCUT2D eigenvalue weighted by Crippen LogP contribution is -2.51. The van der Waals surface area contributed by atoms with Crippen molar-refractivity contribution in [2.75, 3.05) is 0 Å². The molecule has 4 aromatic rings. The average Bonchev–Trinajstić information content (AvgIpc) is 3.28. The molecule has 0 aliphatic carbocycles. The molecule has 5 heterocycles. The lowest BCUT2D eigenvalue weighted by Gasteiger charge is -2.41. The summed E-state index contributed by atoms with van der Waals surface area (Å²) in [5.41, 5.74) is 2.24. The van der Waals surface area contributed by atoms with Gasteiger partial charge in [-0.2, -0.15) is 0 Å². The molecule has 398 valence electrons. The quantitative estimate of drug-likeness (QED) is 0.112. The number of halogens is 1. The van der Waals surface area contributed by atoms with Crippen molar-refractivity contribution in [3.05, 3.63) is 143 Å². The molecule has 5 aliphatic rings. The van der Waals surface area contributed by atoms with Crippen LogP contribution in [0, 0.1) is 11.2 Å². The van der Waals surface area contributed by atoms with E-state index in [9.17, 15) is 52.3 Å². The van der Waals surface area contributed by atoms with E-state index in [4.69, 9.17) is 47.4 Å². The number of rotatable bonds is 5. The van der Waals surface area contributed by atoms with Gasteiger partial charge < -0.3 is 47.4 Å². The SMILES string of the molecule is CC(C)(C)C1(C)OC(=O)CC(=O)O1.CC1(Cc2ccccc2)OC(=O)CC(=O)O1.CC1(c2ccc(F)cc2)OC(=O)CC(=O)O1.CC1(c2ccccc2)OC(=O)CC(=O)O1.CC1(c2ccccc2)OC(=O)CC(=O)O1. The standard InChI is InChI=1S/C12H12O4.C11H9FO4.2C11H10O4.C9H14O4/c1-12(8-9-5-3-2-4-6-9)15-10(13)7-11(14)16-12;1-11(7-2-4-8(12)5-3-7)15-9(13)6-10(14)16-11;2*1-11(8-5-3-2-4-6-8)14-9(12)7-10(13)15-11;1-8(2,3)9(4)12-6(10)5-7(11)13-9/h2-6H,7-8H2,1H3;2-5H,6H2,1H3;2*2-6H,7H2,1H3;5H2,1-4H3. The normalized spacial score (nSPS) is 19.6. The number of hydrogen-bond donors (Lipinski definition) is 0. The van der Waals surface area contributed by atoms with Gasteiger partial charge in [0.15, 0.2) is 0 Å². The predicted molar refractivity (Wildman–Crippen MR) is 252 cm³/mol. The number of ether oxygens (including phenoxy) is 10.